The molecule has 0 bridgehead atoms. The van der Waals surface area contributed by atoms with Gasteiger partial charge in [-0.05, 0) is 230 Å². The van der Waals surface area contributed by atoms with Crippen LogP contribution >= 0.6 is 0 Å². The van der Waals surface area contributed by atoms with Crippen molar-refractivity contribution in [1.29, 1.82) is 5.26 Å². The van der Waals surface area contributed by atoms with Gasteiger partial charge in [-0.25, -0.2) is 0 Å². The predicted molar refractivity (Wildman–Crippen MR) is 498 cm³/mol. The first-order valence-corrected chi connectivity index (χ1v) is 39.6. The molecular formula is C110H85N7. The normalized spacial score (nSPS) is 10.9. The second-order valence-electron chi connectivity index (χ2n) is 29.0. The van der Waals surface area contributed by atoms with Gasteiger partial charge in [0.1, 0.15) is 0 Å². The van der Waals surface area contributed by atoms with E-state index in [9.17, 15) is 5.26 Å². The van der Waals surface area contributed by atoms with E-state index in [0.717, 1.165) is 79.6 Å². The molecule has 19 aromatic rings. The Morgan fingerprint density at radius 2 is 0.453 bits per heavy atom. The molecule has 0 amide bonds. The Bertz CT molecular complexity index is 6620. The number of nitrogens with zero attached hydrogens (tertiary/aromatic N) is 7. The molecule has 0 aliphatic rings. The van der Waals surface area contributed by atoms with Gasteiger partial charge >= 0.3 is 0 Å². The molecule has 7 heteroatoms. The van der Waals surface area contributed by atoms with Gasteiger partial charge in [-0.2, -0.15) is 5.26 Å². The minimum atomic E-state index is 0.650. The highest BCUT2D eigenvalue weighted by Gasteiger charge is 2.21. The monoisotopic (exact) mass is 1500 g/mol. The summed E-state index contributed by atoms with van der Waals surface area (Å²) in [6.07, 6.45) is 0. The van der Waals surface area contributed by atoms with Crippen LogP contribution in [0.4, 0.5) is 85.3 Å². The maximum Gasteiger partial charge on any atom is 0.0992 e. The van der Waals surface area contributed by atoms with E-state index in [0.29, 0.717) is 5.56 Å². The number of anilines is 15. The highest BCUT2D eigenvalue weighted by atomic mass is 15.2. The highest BCUT2D eigenvalue weighted by molar-refractivity contribution is 6.02. The molecule has 0 spiro atoms. The van der Waals surface area contributed by atoms with Crippen molar-refractivity contribution in [2.24, 2.45) is 0 Å². The molecule has 117 heavy (non-hydrogen) atoms. The fraction of sp³-hybridized carbons (Fsp3) is 0.0273. The molecule has 19 aromatic carbocycles. The first-order chi connectivity index (χ1) is 57.7. The van der Waals surface area contributed by atoms with E-state index < -0.39 is 0 Å². The molecule has 0 atom stereocenters. The topological polar surface area (TPSA) is 43.2 Å². The number of nitriles is 1. The SMILES string of the molecule is CN(c1ccc(N(c2ccc(-c3ccccc3)cc2)c2ccc3ccccc3c2)cc1)c1cccc(C#N)c1.CN(c1ccc(N(c2cccc(-c3ccccc3)c2)c2cccc3ccccc23)cc1)c1cccc2ccccc12.CN(c1ccccc1)c1ccc(N(c2cccc(-c3ccccc3)c2)c2cccc3ccccc23)cc1. The summed E-state index contributed by atoms with van der Waals surface area (Å²) in [5.41, 5.74) is 24.6. The van der Waals surface area contributed by atoms with Gasteiger partial charge in [-0.15, -0.1) is 0 Å². The summed E-state index contributed by atoms with van der Waals surface area (Å²) in [4.78, 5) is 13.6. The van der Waals surface area contributed by atoms with Crippen LogP contribution in [0.2, 0.25) is 0 Å². The number of para-hydroxylation sites is 1. The molecule has 0 unspecified atom stereocenters. The van der Waals surface area contributed by atoms with Crippen molar-refractivity contribution in [3.63, 3.8) is 0 Å². The van der Waals surface area contributed by atoms with Crippen molar-refractivity contribution >= 4 is 128 Å². The Morgan fingerprint density at radius 3 is 0.923 bits per heavy atom. The van der Waals surface area contributed by atoms with Gasteiger partial charge in [-0.1, -0.05) is 291 Å². The fourth-order valence-electron chi connectivity index (χ4n) is 15.6. The van der Waals surface area contributed by atoms with E-state index >= 15 is 0 Å². The molecule has 0 aliphatic heterocycles. The van der Waals surface area contributed by atoms with Gasteiger partial charge in [0, 0.05) is 111 Å². The third-order valence-electron chi connectivity index (χ3n) is 21.8. The van der Waals surface area contributed by atoms with Crippen molar-refractivity contribution in [1.82, 2.24) is 0 Å². The fourth-order valence-corrected chi connectivity index (χ4v) is 15.6. The Morgan fingerprint density at radius 1 is 0.171 bits per heavy atom. The molecule has 560 valence electrons. The van der Waals surface area contributed by atoms with Gasteiger partial charge in [0.15, 0.2) is 0 Å². The summed E-state index contributed by atoms with van der Waals surface area (Å²) in [5.74, 6) is 0. The lowest BCUT2D eigenvalue weighted by Gasteiger charge is -2.28. The Kier molecular flexibility index (Phi) is 22.0. The molecule has 19 rings (SSSR count). The Labute approximate surface area is 685 Å². The Balaban J connectivity index is 0.000000126. The van der Waals surface area contributed by atoms with Gasteiger partial charge in [-0.3, -0.25) is 0 Å². The molecule has 0 heterocycles. The number of hydrogen-bond acceptors (Lipinski definition) is 7. The van der Waals surface area contributed by atoms with E-state index in [1.807, 2.05) is 43.4 Å². The van der Waals surface area contributed by atoms with Crippen molar-refractivity contribution in [2.45, 2.75) is 0 Å². The van der Waals surface area contributed by atoms with Crippen molar-refractivity contribution in [3.8, 4) is 39.4 Å². The average Bonchev–Trinajstić information content (AvgIpc) is 0.783. The van der Waals surface area contributed by atoms with Gasteiger partial charge in [0.05, 0.1) is 23.0 Å². The van der Waals surface area contributed by atoms with E-state index in [-0.39, 0.29) is 0 Å². The largest absolute Gasteiger partial charge is 0.345 e. The standard InChI is InChI=1S/C39H30N2.C36H27N3.C35H28N2/c1-40(38-22-10-16-30-14-5-7-20-36(30)38)33-24-26-34(27-25-33)41(39-23-11-17-31-15-6-8-21-37(31)39)35-19-9-18-32(28-35)29-12-3-2-4-13-29;1-38(35-13-7-8-27(24-35)26-37)32-20-22-34(23-21-32)39(36-19-16-29-11-5-6-12-31(29)25-36)33-17-14-30(15-18-33)28-9-3-2-4-10-28;1-36(30-17-6-3-7-18-30)31-22-24-32(25-23-31)37(35-21-11-15-28-14-8-9-20-34(28)35)33-19-10-16-29(26-33)27-12-4-2-5-13-27/h2-28H,1H3;2-25H,1H3;2-26H,1H3. The zero-order valence-corrected chi connectivity index (χ0v) is 65.5. The van der Waals surface area contributed by atoms with Crippen LogP contribution in [0.25, 0.3) is 76.5 Å². The quantitative estimate of drug-likeness (QED) is 0.0848. The molecule has 0 saturated heterocycles. The molecule has 0 N–H and O–H groups in total. The zero-order valence-electron chi connectivity index (χ0n) is 65.5. The lowest BCUT2D eigenvalue weighted by molar-refractivity contribution is 1.20. The molecule has 0 saturated carbocycles. The second-order valence-corrected chi connectivity index (χ2v) is 29.0. The smallest absolute Gasteiger partial charge is 0.0992 e. The van der Waals surface area contributed by atoms with Crippen molar-refractivity contribution < 1.29 is 0 Å². The van der Waals surface area contributed by atoms with Crippen LogP contribution in [-0.2, 0) is 0 Å². The summed E-state index contributed by atoms with van der Waals surface area (Å²) >= 11 is 0. The van der Waals surface area contributed by atoms with Crippen LogP contribution in [-0.4, -0.2) is 21.1 Å². The summed E-state index contributed by atoms with van der Waals surface area (Å²) in [6, 6.07) is 165. The van der Waals surface area contributed by atoms with E-state index in [2.05, 4.69) is 474 Å². The number of rotatable bonds is 18. The second kappa shape index (κ2) is 34.6. The summed E-state index contributed by atoms with van der Waals surface area (Å²) in [5, 5.41) is 19.1. The van der Waals surface area contributed by atoms with Crippen LogP contribution < -0.4 is 29.4 Å². The van der Waals surface area contributed by atoms with Gasteiger partial charge < -0.3 is 29.4 Å². The number of benzene rings is 19. The predicted octanol–water partition coefficient (Wildman–Crippen LogP) is 30.3. The Hall–Kier alpha value is -15.5. The molecular weight excluding hydrogens is 1420 g/mol. The van der Waals surface area contributed by atoms with Crippen LogP contribution in [0.15, 0.2) is 461 Å². The minimum absolute atomic E-state index is 0.650. The maximum absolute atomic E-state index is 9.30. The van der Waals surface area contributed by atoms with Crippen molar-refractivity contribution in [2.75, 3.05) is 50.5 Å². The summed E-state index contributed by atoms with van der Waals surface area (Å²) < 4.78 is 0. The molecule has 7 nitrogen and oxygen atoms in total. The average molecular weight is 1500 g/mol. The molecule has 0 aliphatic carbocycles. The highest BCUT2D eigenvalue weighted by Crippen LogP contribution is 2.45. The molecule has 0 radical (unpaired) electrons. The lowest BCUT2D eigenvalue weighted by atomic mass is 10.0. The van der Waals surface area contributed by atoms with E-state index in [4.69, 9.17) is 0 Å². The van der Waals surface area contributed by atoms with Gasteiger partial charge in [0.2, 0.25) is 0 Å². The zero-order chi connectivity index (χ0) is 79.2. The lowest BCUT2D eigenvalue weighted by Crippen LogP contribution is -2.12. The molecule has 0 fully saturated rings. The van der Waals surface area contributed by atoms with E-state index in [1.165, 1.54) is 82.2 Å². The van der Waals surface area contributed by atoms with Crippen LogP contribution in [0.5, 0.6) is 0 Å². The van der Waals surface area contributed by atoms with Gasteiger partial charge in [0.25, 0.3) is 0 Å². The third-order valence-corrected chi connectivity index (χ3v) is 21.8. The third kappa shape index (κ3) is 16.4. The number of hydrogen-bond donors (Lipinski definition) is 0. The number of fused-ring (bicyclic) bond motifs is 4. The summed E-state index contributed by atoms with van der Waals surface area (Å²) in [7, 11) is 6.27. The first-order valence-electron chi connectivity index (χ1n) is 39.6. The summed E-state index contributed by atoms with van der Waals surface area (Å²) in [6.45, 7) is 0. The minimum Gasteiger partial charge on any atom is -0.345 e. The molecule has 0 aromatic heterocycles. The first kappa shape index (κ1) is 74.3. The van der Waals surface area contributed by atoms with Crippen molar-refractivity contribution in [3.05, 3.63) is 467 Å². The van der Waals surface area contributed by atoms with Crippen LogP contribution in [0, 0.1) is 11.3 Å². The van der Waals surface area contributed by atoms with Crippen LogP contribution in [0.1, 0.15) is 5.56 Å². The van der Waals surface area contributed by atoms with Crippen LogP contribution in [0.3, 0.4) is 0 Å². The van der Waals surface area contributed by atoms with E-state index in [1.54, 1.807) is 0 Å². The maximum atomic E-state index is 9.30.